The van der Waals surface area contributed by atoms with Crippen molar-refractivity contribution in [2.24, 2.45) is 0 Å². The molecule has 0 aliphatic rings. The molecule has 0 unspecified atom stereocenters. The van der Waals surface area contributed by atoms with Gasteiger partial charge in [-0.15, -0.1) is 21.5 Å². The molecule has 3 rings (SSSR count). The Labute approximate surface area is 165 Å². The molecule has 3 amide bonds. The minimum Gasteiger partial charge on any atom is -0.341 e. The number of carbonyl (C=O) groups is 2. The van der Waals surface area contributed by atoms with Gasteiger partial charge < -0.3 is 9.88 Å². The number of nitrogens with zero attached hydrogens (tertiary/aromatic N) is 3. The average Bonchev–Trinajstić information content (AvgIpc) is 3.35. The zero-order valence-electron chi connectivity index (χ0n) is 14.9. The number of rotatable bonds is 6. The summed E-state index contributed by atoms with van der Waals surface area (Å²) in [5.74, 6) is 0.363. The number of carbonyl (C=O) groups excluding carboxylic acids is 2. The van der Waals surface area contributed by atoms with Gasteiger partial charge in [0.25, 0.3) is 0 Å². The summed E-state index contributed by atoms with van der Waals surface area (Å²) < 4.78 is 1.97. The molecule has 3 aromatic rings. The van der Waals surface area contributed by atoms with E-state index in [0.29, 0.717) is 11.7 Å². The predicted molar refractivity (Wildman–Crippen MR) is 107 cm³/mol. The van der Waals surface area contributed by atoms with Crippen LogP contribution in [-0.4, -0.2) is 33.8 Å². The second-order valence-corrected chi connectivity index (χ2v) is 7.52. The second kappa shape index (κ2) is 8.83. The van der Waals surface area contributed by atoms with E-state index in [9.17, 15) is 9.59 Å². The van der Waals surface area contributed by atoms with Crippen LogP contribution in [0.3, 0.4) is 0 Å². The minimum atomic E-state index is -0.630. The molecule has 27 heavy (non-hydrogen) atoms. The lowest BCUT2D eigenvalue weighted by Gasteiger charge is -2.16. The molecule has 0 aliphatic carbocycles. The number of aromatic nitrogens is 3. The van der Waals surface area contributed by atoms with Crippen molar-refractivity contribution >= 4 is 35.0 Å². The van der Waals surface area contributed by atoms with Gasteiger partial charge in [0.2, 0.25) is 5.91 Å². The smallest absolute Gasteiger partial charge is 0.321 e. The van der Waals surface area contributed by atoms with E-state index >= 15 is 0 Å². The van der Waals surface area contributed by atoms with Crippen LogP contribution in [0.5, 0.6) is 0 Å². The highest BCUT2D eigenvalue weighted by Gasteiger charge is 2.26. The third-order valence-corrected chi connectivity index (χ3v) is 5.90. The lowest BCUT2D eigenvalue weighted by atomic mass is 10.1. The second-order valence-electron chi connectivity index (χ2n) is 5.50. The van der Waals surface area contributed by atoms with Crippen LogP contribution in [-0.2, 0) is 11.3 Å². The third-order valence-electron chi connectivity index (χ3n) is 3.80. The molecular weight excluding hydrogens is 382 g/mol. The maximum absolute atomic E-state index is 12.7. The highest BCUT2D eigenvalue weighted by molar-refractivity contribution is 8.00. The Morgan fingerprint density at radius 1 is 1.19 bits per heavy atom. The van der Waals surface area contributed by atoms with Crippen molar-refractivity contribution in [1.82, 2.24) is 25.4 Å². The fourth-order valence-corrected chi connectivity index (χ4v) is 4.31. The highest BCUT2D eigenvalue weighted by atomic mass is 32.2. The monoisotopic (exact) mass is 401 g/mol. The molecule has 0 radical (unpaired) electrons. The summed E-state index contributed by atoms with van der Waals surface area (Å²) in [7, 11) is 1.47. The Bertz CT molecular complexity index is 909. The van der Waals surface area contributed by atoms with Gasteiger partial charge in [-0.1, -0.05) is 48.2 Å². The van der Waals surface area contributed by atoms with Gasteiger partial charge in [0.15, 0.2) is 11.0 Å². The van der Waals surface area contributed by atoms with Gasteiger partial charge in [0.1, 0.15) is 5.25 Å². The molecule has 1 atom stereocenters. The van der Waals surface area contributed by atoms with Gasteiger partial charge in [-0.2, -0.15) is 0 Å². The Hall–Kier alpha value is -2.65. The van der Waals surface area contributed by atoms with E-state index in [-0.39, 0.29) is 0 Å². The maximum Gasteiger partial charge on any atom is 0.321 e. The molecule has 140 valence electrons. The summed E-state index contributed by atoms with van der Waals surface area (Å²) in [6.07, 6.45) is 0. The van der Waals surface area contributed by atoms with E-state index in [1.165, 1.54) is 18.8 Å². The average molecular weight is 402 g/mol. The number of amides is 3. The van der Waals surface area contributed by atoms with Gasteiger partial charge in [-0.25, -0.2) is 4.79 Å². The van der Waals surface area contributed by atoms with Crippen molar-refractivity contribution in [3.05, 3.63) is 53.4 Å². The van der Waals surface area contributed by atoms with E-state index in [2.05, 4.69) is 20.8 Å². The molecule has 0 saturated heterocycles. The Kier molecular flexibility index (Phi) is 6.25. The first kappa shape index (κ1) is 19.1. The van der Waals surface area contributed by atoms with Gasteiger partial charge in [0.05, 0.1) is 4.88 Å². The standard InChI is InChI=1S/C18H19N5O2S2/c1-3-23-15(13-10-7-11-26-13)21-22-18(23)27-14(12-8-5-4-6-9-12)16(24)20-17(25)19-2/h4-11,14H,3H2,1-2H3,(H2,19,20,24,25)/t14-/m1/s1. The van der Waals surface area contributed by atoms with Gasteiger partial charge in [-0.05, 0) is 23.9 Å². The van der Waals surface area contributed by atoms with Crippen molar-refractivity contribution in [3.63, 3.8) is 0 Å². The van der Waals surface area contributed by atoms with E-state index in [1.54, 1.807) is 11.3 Å². The quantitative estimate of drug-likeness (QED) is 0.619. The van der Waals surface area contributed by atoms with Crippen molar-refractivity contribution < 1.29 is 9.59 Å². The van der Waals surface area contributed by atoms with Crippen LogP contribution in [0.4, 0.5) is 4.79 Å². The van der Waals surface area contributed by atoms with Crippen LogP contribution in [0.25, 0.3) is 10.7 Å². The molecule has 0 bridgehead atoms. The number of thiophene rings is 1. The Balaban J connectivity index is 1.93. The zero-order valence-corrected chi connectivity index (χ0v) is 16.5. The molecule has 0 fully saturated rings. The van der Waals surface area contributed by atoms with E-state index in [0.717, 1.165) is 16.3 Å². The van der Waals surface area contributed by atoms with E-state index in [4.69, 9.17) is 0 Å². The summed E-state index contributed by atoms with van der Waals surface area (Å²) in [6, 6.07) is 12.7. The summed E-state index contributed by atoms with van der Waals surface area (Å²) in [5, 5.41) is 15.3. The van der Waals surface area contributed by atoms with Crippen LogP contribution in [0.2, 0.25) is 0 Å². The van der Waals surface area contributed by atoms with Crippen LogP contribution in [0.15, 0.2) is 53.0 Å². The molecule has 2 aromatic heterocycles. The number of hydrogen-bond acceptors (Lipinski definition) is 6. The summed E-state index contributed by atoms with van der Waals surface area (Å²) in [4.78, 5) is 25.3. The molecular formula is C18H19N5O2S2. The van der Waals surface area contributed by atoms with Crippen molar-refractivity contribution in [2.45, 2.75) is 23.9 Å². The number of imide groups is 1. The van der Waals surface area contributed by atoms with Crippen LogP contribution < -0.4 is 10.6 Å². The molecule has 2 N–H and O–H groups in total. The molecule has 9 heteroatoms. The first-order valence-electron chi connectivity index (χ1n) is 8.35. The Morgan fingerprint density at radius 3 is 2.59 bits per heavy atom. The number of urea groups is 1. The van der Waals surface area contributed by atoms with Crippen LogP contribution >= 0.6 is 23.1 Å². The van der Waals surface area contributed by atoms with E-state index < -0.39 is 17.2 Å². The largest absolute Gasteiger partial charge is 0.341 e. The third kappa shape index (κ3) is 4.37. The molecule has 1 aromatic carbocycles. The summed E-state index contributed by atoms with van der Waals surface area (Å²) in [5.41, 5.74) is 0.784. The van der Waals surface area contributed by atoms with Crippen molar-refractivity contribution in [3.8, 4) is 10.7 Å². The van der Waals surface area contributed by atoms with E-state index in [1.807, 2.05) is 59.3 Å². The molecule has 0 spiro atoms. The topological polar surface area (TPSA) is 88.9 Å². The van der Waals surface area contributed by atoms with Gasteiger partial charge in [0, 0.05) is 13.6 Å². The molecule has 0 aliphatic heterocycles. The van der Waals surface area contributed by atoms with Crippen molar-refractivity contribution in [2.75, 3.05) is 7.05 Å². The van der Waals surface area contributed by atoms with Gasteiger partial charge in [-0.3, -0.25) is 10.1 Å². The fourth-order valence-electron chi connectivity index (χ4n) is 2.50. The number of nitrogens with one attached hydrogen (secondary N) is 2. The van der Waals surface area contributed by atoms with Crippen LogP contribution in [0.1, 0.15) is 17.7 Å². The van der Waals surface area contributed by atoms with Crippen LogP contribution in [0, 0.1) is 0 Å². The first-order chi connectivity index (χ1) is 13.1. The maximum atomic E-state index is 12.7. The Morgan fingerprint density at radius 2 is 1.96 bits per heavy atom. The highest BCUT2D eigenvalue weighted by Crippen LogP contribution is 2.36. The number of thioether (sulfide) groups is 1. The lowest BCUT2D eigenvalue weighted by Crippen LogP contribution is -2.39. The predicted octanol–water partition coefficient (Wildman–Crippen LogP) is 3.32. The molecule has 7 nitrogen and oxygen atoms in total. The number of benzene rings is 1. The SMILES string of the molecule is CCn1c(S[C@@H](C(=O)NC(=O)NC)c2ccccc2)nnc1-c1cccs1. The van der Waals surface area contributed by atoms with Gasteiger partial charge >= 0.3 is 6.03 Å². The first-order valence-corrected chi connectivity index (χ1v) is 10.1. The number of hydrogen-bond donors (Lipinski definition) is 2. The summed E-state index contributed by atoms with van der Waals surface area (Å²) >= 11 is 2.86. The lowest BCUT2D eigenvalue weighted by molar-refractivity contribution is -0.119. The molecule has 2 heterocycles. The zero-order chi connectivity index (χ0) is 19.2. The fraction of sp³-hybridized carbons (Fsp3) is 0.222. The molecule has 0 saturated carbocycles. The summed E-state index contributed by atoms with van der Waals surface area (Å²) in [6.45, 7) is 2.67. The van der Waals surface area contributed by atoms with Crippen molar-refractivity contribution in [1.29, 1.82) is 0 Å². The minimum absolute atomic E-state index is 0.408. The normalized spacial score (nSPS) is 11.8.